The van der Waals surface area contributed by atoms with E-state index in [0.717, 1.165) is 17.7 Å². The highest BCUT2D eigenvalue weighted by Crippen LogP contribution is 2.32. The Morgan fingerprint density at radius 2 is 2.29 bits per heavy atom. The molecule has 0 amide bonds. The molecule has 1 unspecified atom stereocenters. The lowest BCUT2D eigenvalue weighted by Gasteiger charge is -2.18. The lowest BCUT2D eigenvalue weighted by molar-refractivity contribution is -0.384. The van der Waals surface area contributed by atoms with Gasteiger partial charge in [0, 0.05) is 10.9 Å². The maximum absolute atomic E-state index is 11.1. The third kappa shape index (κ3) is 3.58. The summed E-state index contributed by atoms with van der Waals surface area (Å²) in [4.78, 5) is 11.8. The van der Waals surface area contributed by atoms with Gasteiger partial charge in [-0.2, -0.15) is 5.26 Å². The predicted octanol–water partition coefficient (Wildman–Crippen LogP) is 4.48. The van der Waals surface area contributed by atoms with Crippen molar-refractivity contribution in [1.29, 1.82) is 5.26 Å². The van der Waals surface area contributed by atoms with Crippen molar-refractivity contribution in [3.05, 3.63) is 56.3 Å². The molecule has 2 aromatic rings. The molecular formula is C15H15N3O2S. The van der Waals surface area contributed by atoms with Gasteiger partial charge in [-0.1, -0.05) is 19.4 Å². The van der Waals surface area contributed by atoms with Crippen LogP contribution in [0.25, 0.3) is 0 Å². The molecule has 5 nitrogen and oxygen atoms in total. The van der Waals surface area contributed by atoms with E-state index in [1.54, 1.807) is 11.3 Å². The Bertz CT molecular complexity index is 662. The summed E-state index contributed by atoms with van der Waals surface area (Å²) in [6, 6.07) is 10.4. The molecule has 0 aliphatic rings. The maximum Gasteiger partial charge on any atom is 0.292 e. The molecule has 0 saturated heterocycles. The predicted molar refractivity (Wildman–Crippen MR) is 83.4 cm³/mol. The fourth-order valence-corrected chi connectivity index (χ4v) is 2.94. The third-order valence-corrected chi connectivity index (χ3v) is 4.10. The zero-order valence-corrected chi connectivity index (χ0v) is 12.4. The zero-order valence-electron chi connectivity index (χ0n) is 11.6. The Morgan fingerprint density at radius 1 is 1.48 bits per heavy atom. The SMILES string of the molecule is CCCC(Nc1cc(C#N)ccc1[N+](=O)[O-])c1cccs1. The van der Waals surface area contributed by atoms with Gasteiger partial charge in [0.15, 0.2) is 0 Å². The van der Waals surface area contributed by atoms with Crippen molar-refractivity contribution < 1.29 is 4.92 Å². The zero-order chi connectivity index (χ0) is 15.2. The van der Waals surface area contributed by atoms with E-state index < -0.39 is 4.92 Å². The molecule has 0 bridgehead atoms. The second-order valence-corrected chi connectivity index (χ2v) is 5.58. The van der Waals surface area contributed by atoms with Crippen molar-refractivity contribution in [2.24, 2.45) is 0 Å². The Kier molecular flexibility index (Phi) is 4.90. The quantitative estimate of drug-likeness (QED) is 0.630. The minimum Gasteiger partial charge on any atom is -0.372 e. The Balaban J connectivity index is 2.35. The van der Waals surface area contributed by atoms with Crippen molar-refractivity contribution in [3.63, 3.8) is 0 Å². The summed E-state index contributed by atoms with van der Waals surface area (Å²) in [5.41, 5.74) is 0.794. The Labute approximate surface area is 127 Å². The van der Waals surface area contributed by atoms with Gasteiger partial charge < -0.3 is 5.32 Å². The number of thiophene rings is 1. The normalized spacial score (nSPS) is 11.6. The molecule has 1 N–H and O–H groups in total. The number of hydrogen-bond donors (Lipinski definition) is 1. The number of rotatable bonds is 6. The molecule has 21 heavy (non-hydrogen) atoms. The average Bonchev–Trinajstić information content (AvgIpc) is 3.00. The minimum atomic E-state index is -0.430. The fourth-order valence-electron chi connectivity index (χ4n) is 2.13. The summed E-state index contributed by atoms with van der Waals surface area (Å²) in [5, 5.41) is 25.3. The Hall–Kier alpha value is -2.39. The lowest BCUT2D eigenvalue weighted by atomic mass is 10.1. The van der Waals surface area contributed by atoms with Gasteiger partial charge in [0.05, 0.1) is 22.6 Å². The number of benzene rings is 1. The highest BCUT2D eigenvalue weighted by molar-refractivity contribution is 7.10. The number of hydrogen-bond acceptors (Lipinski definition) is 5. The van der Waals surface area contributed by atoms with Crippen molar-refractivity contribution >= 4 is 22.7 Å². The maximum atomic E-state index is 11.1. The van der Waals surface area contributed by atoms with Crippen molar-refractivity contribution in [1.82, 2.24) is 0 Å². The van der Waals surface area contributed by atoms with Crippen LogP contribution in [-0.4, -0.2) is 4.92 Å². The van der Waals surface area contributed by atoms with E-state index in [9.17, 15) is 10.1 Å². The number of nitro groups is 1. The van der Waals surface area contributed by atoms with E-state index in [4.69, 9.17) is 5.26 Å². The average molecular weight is 301 g/mol. The van der Waals surface area contributed by atoms with Crippen LogP contribution in [0.5, 0.6) is 0 Å². The van der Waals surface area contributed by atoms with Crippen LogP contribution in [0, 0.1) is 21.4 Å². The number of nitrogens with one attached hydrogen (secondary N) is 1. The first kappa shape index (κ1) is 15.0. The minimum absolute atomic E-state index is 0.00772. The molecule has 1 heterocycles. The summed E-state index contributed by atoms with van der Waals surface area (Å²) >= 11 is 1.62. The molecule has 1 aromatic carbocycles. The molecule has 108 valence electrons. The molecule has 0 aliphatic heterocycles. The molecule has 2 rings (SSSR count). The second kappa shape index (κ2) is 6.86. The van der Waals surface area contributed by atoms with Gasteiger partial charge in [-0.05, 0) is 30.0 Å². The number of nitrogens with zero attached hydrogens (tertiary/aromatic N) is 2. The van der Waals surface area contributed by atoms with E-state index in [0.29, 0.717) is 11.3 Å². The van der Waals surface area contributed by atoms with Gasteiger partial charge in [0.1, 0.15) is 5.69 Å². The molecule has 0 saturated carbocycles. The first-order chi connectivity index (χ1) is 10.2. The first-order valence-electron chi connectivity index (χ1n) is 6.64. The lowest BCUT2D eigenvalue weighted by Crippen LogP contribution is -2.10. The van der Waals surface area contributed by atoms with E-state index >= 15 is 0 Å². The Morgan fingerprint density at radius 3 is 2.86 bits per heavy atom. The van der Waals surface area contributed by atoms with Crippen molar-refractivity contribution in [2.75, 3.05) is 5.32 Å². The molecule has 0 spiro atoms. The van der Waals surface area contributed by atoms with Crippen LogP contribution in [0.15, 0.2) is 35.7 Å². The first-order valence-corrected chi connectivity index (χ1v) is 7.52. The number of anilines is 1. The standard InChI is InChI=1S/C15H15N3O2S/c1-2-4-12(15-5-3-8-21-15)17-13-9-11(10-16)6-7-14(13)18(19)20/h3,5-9,12,17H,2,4H2,1H3. The van der Waals surface area contributed by atoms with E-state index in [1.807, 2.05) is 23.6 Å². The third-order valence-electron chi connectivity index (χ3n) is 3.12. The van der Waals surface area contributed by atoms with Crippen molar-refractivity contribution in [2.45, 2.75) is 25.8 Å². The van der Waals surface area contributed by atoms with Gasteiger partial charge in [-0.3, -0.25) is 10.1 Å². The van der Waals surface area contributed by atoms with Crippen LogP contribution < -0.4 is 5.32 Å². The topological polar surface area (TPSA) is 79.0 Å². The van der Waals surface area contributed by atoms with E-state index in [-0.39, 0.29) is 11.7 Å². The van der Waals surface area contributed by atoms with E-state index in [1.165, 1.54) is 18.2 Å². The fraction of sp³-hybridized carbons (Fsp3) is 0.267. The van der Waals surface area contributed by atoms with Gasteiger partial charge in [0.25, 0.3) is 5.69 Å². The molecular weight excluding hydrogens is 286 g/mol. The van der Waals surface area contributed by atoms with Gasteiger partial charge >= 0.3 is 0 Å². The van der Waals surface area contributed by atoms with Crippen LogP contribution in [0.3, 0.4) is 0 Å². The summed E-state index contributed by atoms with van der Waals surface area (Å²) in [5.74, 6) is 0. The van der Waals surface area contributed by atoms with Crippen molar-refractivity contribution in [3.8, 4) is 6.07 Å². The summed E-state index contributed by atoms with van der Waals surface area (Å²) in [6.07, 6.45) is 1.83. The van der Waals surface area contributed by atoms with Crippen LogP contribution >= 0.6 is 11.3 Å². The highest BCUT2D eigenvalue weighted by atomic mass is 32.1. The van der Waals surface area contributed by atoms with Crippen LogP contribution in [0.1, 0.15) is 36.2 Å². The number of nitro benzene ring substituents is 1. The smallest absolute Gasteiger partial charge is 0.292 e. The molecule has 6 heteroatoms. The van der Waals surface area contributed by atoms with Crippen LogP contribution in [0.4, 0.5) is 11.4 Å². The molecule has 1 atom stereocenters. The highest BCUT2D eigenvalue weighted by Gasteiger charge is 2.19. The second-order valence-electron chi connectivity index (χ2n) is 4.60. The van der Waals surface area contributed by atoms with Gasteiger partial charge in [0.2, 0.25) is 0 Å². The van der Waals surface area contributed by atoms with Crippen LogP contribution in [0.2, 0.25) is 0 Å². The molecule has 0 aliphatic carbocycles. The molecule has 1 aromatic heterocycles. The molecule has 0 fully saturated rings. The monoisotopic (exact) mass is 301 g/mol. The van der Waals surface area contributed by atoms with Gasteiger partial charge in [-0.15, -0.1) is 11.3 Å². The molecule has 0 radical (unpaired) electrons. The summed E-state index contributed by atoms with van der Waals surface area (Å²) in [7, 11) is 0. The number of nitriles is 1. The van der Waals surface area contributed by atoms with E-state index in [2.05, 4.69) is 12.2 Å². The van der Waals surface area contributed by atoms with Crippen LogP contribution in [-0.2, 0) is 0 Å². The summed E-state index contributed by atoms with van der Waals surface area (Å²) in [6.45, 7) is 2.07. The largest absolute Gasteiger partial charge is 0.372 e. The van der Waals surface area contributed by atoms with Gasteiger partial charge in [-0.25, -0.2) is 0 Å². The summed E-state index contributed by atoms with van der Waals surface area (Å²) < 4.78 is 0.